The SMILES string of the molecule is O=C(O)N1CCC(Oc2cc(F)cc(F)c2)C1. The van der Waals surface area contributed by atoms with Crippen LogP contribution in [0.3, 0.4) is 0 Å². The molecule has 4 nitrogen and oxygen atoms in total. The van der Waals surface area contributed by atoms with Crippen LogP contribution in [-0.2, 0) is 0 Å². The minimum atomic E-state index is -1.01. The number of amides is 1. The Morgan fingerprint density at radius 3 is 2.53 bits per heavy atom. The summed E-state index contributed by atoms with van der Waals surface area (Å²) in [6, 6.07) is 2.91. The first kappa shape index (κ1) is 11.6. The smallest absolute Gasteiger partial charge is 0.407 e. The molecule has 2 rings (SSSR count). The van der Waals surface area contributed by atoms with Gasteiger partial charge in [-0.1, -0.05) is 0 Å². The predicted octanol–water partition coefficient (Wildman–Crippen LogP) is 2.10. The molecule has 1 aliphatic rings. The van der Waals surface area contributed by atoms with Crippen molar-refractivity contribution in [1.82, 2.24) is 4.90 Å². The van der Waals surface area contributed by atoms with E-state index in [2.05, 4.69) is 0 Å². The molecule has 1 atom stereocenters. The van der Waals surface area contributed by atoms with Crippen molar-refractivity contribution in [2.45, 2.75) is 12.5 Å². The summed E-state index contributed by atoms with van der Waals surface area (Å²) in [4.78, 5) is 11.9. The first-order valence-corrected chi connectivity index (χ1v) is 5.15. The molecule has 1 aliphatic heterocycles. The fourth-order valence-electron chi connectivity index (χ4n) is 1.79. The van der Waals surface area contributed by atoms with Gasteiger partial charge in [0.05, 0.1) is 6.54 Å². The van der Waals surface area contributed by atoms with E-state index in [1.54, 1.807) is 0 Å². The van der Waals surface area contributed by atoms with Crippen LogP contribution in [0.4, 0.5) is 13.6 Å². The van der Waals surface area contributed by atoms with Gasteiger partial charge in [0.1, 0.15) is 23.5 Å². The lowest BCUT2D eigenvalue weighted by Crippen LogP contribution is -2.29. The Morgan fingerprint density at radius 2 is 2.00 bits per heavy atom. The Morgan fingerprint density at radius 1 is 1.35 bits per heavy atom. The van der Waals surface area contributed by atoms with Crippen molar-refractivity contribution in [2.75, 3.05) is 13.1 Å². The normalized spacial score (nSPS) is 19.4. The fraction of sp³-hybridized carbons (Fsp3) is 0.364. The molecule has 1 heterocycles. The van der Waals surface area contributed by atoms with Gasteiger partial charge in [-0.2, -0.15) is 0 Å². The number of carbonyl (C=O) groups is 1. The van der Waals surface area contributed by atoms with Gasteiger partial charge in [-0.05, 0) is 0 Å². The molecule has 6 heteroatoms. The van der Waals surface area contributed by atoms with E-state index in [-0.39, 0.29) is 18.4 Å². The highest BCUT2D eigenvalue weighted by Gasteiger charge is 2.27. The number of benzene rings is 1. The molecule has 1 N–H and O–H groups in total. The number of rotatable bonds is 2. The zero-order chi connectivity index (χ0) is 12.4. The Hall–Kier alpha value is -1.85. The first-order valence-electron chi connectivity index (χ1n) is 5.15. The lowest BCUT2D eigenvalue weighted by atomic mass is 10.3. The van der Waals surface area contributed by atoms with Crippen molar-refractivity contribution in [3.63, 3.8) is 0 Å². The Labute approximate surface area is 96.4 Å². The van der Waals surface area contributed by atoms with Crippen LogP contribution >= 0.6 is 0 Å². The monoisotopic (exact) mass is 243 g/mol. The van der Waals surface area contributed by atoms with Crippen molar-refractivity contribution in [2.24, 2.45) is 0 Å². The zero-order valence-corrected chi connectivity index (χ0v) is 8.90. The molecule has 0 spiro atoms. The molecule has 17 heavy (non-hydrogen) atoms. The number of carboxylic acid groups (broad SMARTS) is 1. The number of hydrogen-bond acceptors (Lipinski definition) is 2. The number of halogens is 2. The highest BCUT2D eigenvalue weighted by atomic mass is 19.1. The maximum absolute atomic E-state index is 12.9. The number of ether oxygens (including phenoxy) is 1. The largest absolute Gasteiger partial charge is 0.488 e. The van der Waals surface area contributed by atoms with Crippen molar-refractivity contribution < 1.29 is 23.4 Å². The van der Waals surface area contributed by atoms with Gasteiger partial charge in [0.2, 0.25) is 0 Å². The van der Waals surface area contributed by atoms with Gasteiger partial charge in [0.25, 0.3) is 0 Å². The maximum atomic E-state index is 12.9. The van der Waals surface area contributed by atoms with Crippen molar-refractivity contribution in [3.05, 3.63) is 29.8 Å². The van der Waals surface area contributed by atoms with Crippen molar-refractivity contribution in [3.8, 4) is 5.75 Å². The summed E-state index contributed by atoms with van der Waals surface area (Å²) >= 11 is 0. The summed E-state index contributed by atoms with van der Waals surface area (Å²) in [7, 11) is 0. The summed E-state index contributed by atoms with van der Waals surface area (Å²) in [5, 5.41) is 8.74. The molecule has 1 aromatic carbocycles. The van der Waals surface area contributed by atoms with E-state index in [1.807, 2.05) is 0 Å². The van der Waals surface area contributed by atoms with Crippen LogP contribution in [-0.4, -0.2) is 35.3 Å². The van der Waals surface area contributed by atoms with E-state index < -0.39 is 17.7 Å². The van der Waals surface area contributed by atoms with Gasteiger partial charge in [0, 0.05) is 31.2 Å². The second-order valence-electron chi connectivity index (χ2n) is 3.86. The summed E-state index contributed by atoms with van der Waals surface area (Å²) in [6.45, 7) is 0.589. The third kappa shape index (κ3) is 2.83. The van der Waals surface area contributed by atoms with Crippen molar-refractivity contribution >= 4 is 6.09 Å². The third-order valence-electron chi connectivity index (χ3n) is 2.55. The minimum Gasteiger partial charge on any atom is -0.488 e. The average molecular weight is 243 g/mol. The fourth-order valence-corrected chi connectivity index (χ4v) is 1.79. The van der Waals surface area contributed by atoms with E-state index in [0.717, 1.165) is 18.2 Å². The molecule has 0 aliphatic carbocycles. The number of nitrogens with zero attached hydrogens (tertiary/aromatic N) is 1. The topological polar surface area (TPSA) is 49.8 Å². The van der Waals surface area contributed by atoms with Crippen LogP contribution in [0.2, 0.25) is 0 Å². The van der Waals surface area contributed by atoms with Crippen LogP contribution in [0, 0.1) is 11.6 Å². The standard InChI is InChI=1S/C11H11F2NO3/c12-7-3-8(13)5-10(4-7)17-9-1-2-14(6-9)11(15)16/h3-5,9H,1-2,6H2,(H,15,16). The molecular weight excluding hydrogens is 232 g/mol. The first-order chi connectivity index (χ1) is 8.04. The molecule has 1 unspecified atom stereocenters. The van der Waals surface area contributed by atoms with Gasteiger partial charge in [0.15, 0.2) is 0 Å². The summed E-state index contributed by atoms with van der Waals surface area (Å²) in [5.74, 6) is -1.35. The van der Waals surface area contributed by atoms with Crippen molar-refractivity contribution in [1.29, 1.82) is 0 Å². The lowest BCUT2D eigenvalue weighted by Gasteiger charge is -2.14. The molecule has 0 bridgehead atoms. The molecule has 0 saturated carbocycles. The van der Waals surface area contributed by atoms with Gasteiger partial charge in [-0.25, -0.2) is 13.6 Å². The molecule has 1 saturated heterocycles. The highest BCUT2D eigenvalue weighted by molar-refractivity contribution is 5.65. The second kappa shape index (κ2) is 4.57. The van der Waals surface area contributed by atoms with E-state index in [0.29, 0.717) is 13.0 Å². The van der Waals surface area contributed by atoms with Crippen LogP contribution < -0.4 is 4.74 Å². The summed E-state index contributed by atoms with van der Waals surface area (Å²) in [5.41, 5.74) is 0. The maximum Gasteiger partial charge on any atom is 0.407 e. The predicted molar refractivity (Wildman–Crippen MR) is 55.0 cm³/mol. The number of hydrogen-bond donors (Lipinski definition) is 1. The van der Waals surface area contributed by atoms with Gasteiger partial charge in [-0.15, -0.1) is 0 Å². The highest BCUT2D eigenvalue weighted by Crippen LogP contribution is 2.20. The van der Waals surface area contributed by atoms with Crippen LogP contribution in [0.5, 0.6) is 5.75 Å². The summed E-state index contributed by atoms with van der Waals surface area (Å²) < 4.78 is 31.1. The molecule has 0 radical (unpaired) electrons. The molecule has 0 aromatic heterocycles. The van der Waals surface area contributed by atoms with E-state index >= 15 is 0 Å². The van der Waals surface area contributed by atoms with Crippen LogP contribution in [0.1, 0.15) is 6.42 Å². The average Bonchev–Trinajstić information content (AvgIpc) is 2.64. The zero-order valence-electron chi connectivity index (χ0n) is 8.90. The minimum absolute atomic E-state index is 0.0831. The van der Waals surface area contributed by atoms with Gasteiger partial charge >= 0.3 is 6.09 Å². The van der Waals surface area contributed by atoms with Gasteiger partial charge < -0.3 is 14.7 Å². The Kier molecular flexibility index (Phi) is 3.12. The molecule has 92 valence electrons. The lowest BCUT2D eigenvalue weighted by molar-refractivity contribution is 0.145. The molecule has 1 aromatic rings. The second-order valence-corrected chi connectivity index (χ2v) is 3.86. The van der Waals surface area contributed by atoms with Gasteiger partial charge in [-0.3, -0.25) is 0 Å². The Bertz CT molecular complexity index is 418. The van der Waals surface area contributed by atoms with Crippen LogP contribution in [0.15, 0.2) is 18.2 Å². The third-order valence-corrected chi connectivity index (χ3v) is 2.55. The quantitative estimate of drug-likeness (QED) is 0.865. The summed E-state index contributed by atoms with van der Waals surface area (Å²) in [6.07, 6.45) is -0.849. The number of likely N-dealkylation sites (tertiary alicyclic amines) is 1. The molecule has 1 amide bonds. The molecular formula is C11H11F2NO3. The van der Waals surface area contributed by atoms with Crippen LogP contribution in [0.25, 0.3) is 0 Å². The molecule has 1 fully saturated rings. The van der Waals surface area contributed by atoms with E-state index in [1.165, 1.54) is 4.90 Å². The van der Waals surface area contributed by atoms with E-state index in [4.69, 9.17) is 9.84 Å². The Balaban J connectivity index is 2.00. The van der Waals surface area contributed by atoms with E-state index in [9.17, 15) is 13.6 Å².